The lowest BCUT2D eigenvalue weighted by atomic mass is 10.2. The Hall–Kier alpha value is -3.93. The van der Waals surface area contributed by atoms with Crippen molar-refractivity contribution < 1.29 is 9.90 Å². The average molecular weight is 369 g/mol. The minimum atomic E-state index is -1.20. The number of carboxylic acids is 1. The van der Waals surface area contributed by atoms with Gasteiger partial charge in [-0.3, -0.25) is 5.43 Å². The van der Waals surface area contributed by atoms with Crippen LogP contribution in [0.3, 0.4) is 0 Å². The first kappa shape index (κ1) is 17.5. The maximum absolute atomic E-state index is 10.8. The van der Waals surface area contributed by atoms with Crippen LogP contribution in [0.5, 0.6) is 0 Å². The normalized spacial score (nSPS) is 11.1. The van der Waals surface area contributed by atoms with E-state index in [1.807, 2.05) is 42.5 Å². The van der Waals surface area contributed by atoms with E-state index in [0.29, 0.717) is 12.2 Å². The lowest BCUT2D eigenvalue weighted by Gasteiger charge is -2.07. The van der Waals surface area contributed by atoms with E-state index in [-0.39, 0.29) is 5.56 Å². The molecule has 0 bridgehead atoms. The molecule has 4 aromatic rings. The summed E-state index contributed by atoms with van der Waals surface area (Å²) in [5.41, 5.74) is 6.80. The summed E-state index contributed by atoms with van der Waals surface area (Å²) in [7, 11) is 0. The van der Waals surface area contributed by atoms with Crippen molar-refractivity contribution in [1.29, 1.82) is 0 Å². The molecule has 0 aliphatic heterocycles. The quantitative estimate of drug-likeness (QED) is 0.418. The number of rotatable bonds is 6. The van der Waals surface area contributed by atoms with Gasteiger partial charge in [-0.15, -0.1) is 0 Å². The van der Waals surface area contributed by atoms with Gasteiger partial charge in [0.25, 0.3) is 0 Å². The molecule has 0 amide bonds. The van der Waals surface area contributed by atoms with E-state index in [1.165, 1.54) is 17.7 Å². The second-order valence-electron chi connectivity index (χ2n) is 6.27. The highest BCUT2D eigenvalue weighted by atomic mass is 16.4. The van der Waals surface area contributed by atoms with Crippen LogP contribution < -0.4 is 10.5 Å². The van der Waals surface area contributed by atoms with E-state index < -0.39 is 5.97 Å². The number of imidazole rings is 1. The van der Waals surface area contributed by atoms with Gasteiger partial charge in [0, 0.05) is 6.54 Å². The molecule has 0 atom stereocenters. The highest BCUT2D eigenvalue weighted by Crippen LogP contribution is 2.17. The van der Waals surface area contributed by atoms with Crippen LogP contribution in [-0.4, -0.2) is 21.7 Å². The Balaban J connectivity index is 1.59. The molecule has 0 radical (unpaired) electrons. The standard InChI is InChI=1S/C22H18N4O2/c27-22(28)17-10-12-18(13-11-17)25-23-14-21-24-19-8-4-5-9-20(19)26(21)15-16-6-2-1-3-7-16/h1-14,25H,15H2,(H,27,28)/p-1/b23-14-. The van der Waals surface area contributed by atoms with Gasteiger partial charge in [-0.25, -0.2) is 4.98 Å². The largest absolute Gasteiger partial charge is 0.545 e. The maximum atomic E-state index is 10.8. The zero-order chi connectivity index (χ0) is 19.3. The third-order valence-corrected chi connectivity index (χ3v) is 4.36. The summed E-state index contributed by atoms with van der Waals surface area (Å²) in [6, 6.07) is 24.3. The fourth-order valence-corrected chi connectivity index (χ4v) is 2.97. The SMILES string of the molecule is O=C([O-])c1ccc(N/N=C\c2nc3ccccc3n2Cc2ccccc2)cc1. The molecule has 1 aromatic heterocycles. The Morgan fingerprint density at radius 3 is 2.46 bits per heavy atom. The molecule has 3 aromatic carbocycles. The van der Waals surface area contributed by atoms with Crippen molar-refractivity contribution >= 4 is 28.9 Å². The van der Waals surface area contributed by atoms with Crippen LogP contribution in [0.2, 0.25) is 0 Å². The van der Waals surface area contributed by atoms with E-state index >= 15 is 0 Å². The molecule has 0 fully saturated rings. The van der Waals surface area contributed by atoms with Crippen LogP contribution in [0.1, 0.15) is 21.7 Å². The van der Waals surface area contributed by atoms with E-state index in [1.54, 1.807) is 18.3 Å². The Bertz CT molecular complexity index is 1130. The van der Waals surface area contributed by atoms with Crippen molar-refractivity contribution in [1.82, 2.24) is 9.55 Å². The number of nitrogens with zero attached hydrogens (tertiary/aromatic N) is 3. The van der Waals surface area contributed by atoms with Crippen LogP contribution >= 0.6 is 0 Å². The van der Waals surface area contributed by atoms with Crippen LogP contribution in [0.15, 0.2) is 84.0 Å². The summed E-state index contributed by atoms with van der Waals surface area (Å²) >= 11 is 0. The number of anilines is 1. The second kappa shape index (κ2) is 7.75. The zero-order valence-electron chi connectivity index (χ0n) is 14.9. The highest BCUT2D eigenvalue weighted by Gasteiger charge is 2.09. The number of para-hydroxylation sites is 2. The second-order valence-corrected chi connectivity index (χ2v) is 6.27. The Kier molecular flexibility index (Phi) is 4.84. The summed E-state index contributed by atoms with van der Waals surface area (Å²) in [6.07, 6.45) is 1.66. The van der Waals surface area contributed by atoms with Gasteiger partial charge >= 0.3 is 0 Å². The molecule has 4 rings (SSSR count). The Morgan fingerprint density at radius 1 is 1.00 bits per heavy atom. The molecule has 6 nitrogen and oxygen atoms in total. The van der Waals surface area contributed by atoms with Crippen LogP contribution in [0.25, 0.3) is 11.0 Å². The van der Waals surface area contributed by atoms with E-state index in [0.717, 1.165) is 16.9 Å². The number of carboxylic acid groups (broad SMARTS) is 1. The van der Waals surface area contributed by atoms with Gasteiger partial charge in [-0.2, -0.15) is 5.10 Å². The van der Waals surface area contributed by atoms with Crippen molar-refractivity contribution in [2.24, 2.45) is 5.10 Å². The molecule has 28 heavy (non-hydrogen) atoms. The van der Waals surface area contributed by atoms with E-state index in [9.17, 15) is 9.90 Å². The number of carbonyl (C=O) groups excluding carboxylic acids is 1. The molecule has 1 heterocycles. The minimum absolute atomic E-state index is 0.124. The van der Waals surface area contributed by atoms with Crippen molar-refractivity contribution in [2.45, 2.75) is 6.54 Å². The van der Waals surface area contributed by atoms with Gasteiger partial charge in [-0.1, -0.05) is 54.6 Å². The monoisotopic (exact) mass is 369 g/mol. The number of aromatic nitrogens is 2. The molecule has 0 spiro atoms. The van der Waals surface area contributed by atoms with Gasteiger partial charge in [-0.05, 0) is 35.4 Å². The molecule has 6 heteroatoms. The van der Waals surface area contributed by atoms with Crippen molar-refractivity contribution in [3.63, 3.8) is 0 Å². The fourth-order valence-electron chi connectivity index (χ4n) is 2.97. The number of nitrogens with one attached hydrogen (secondary N) is 1. The predicted molar refractivity (Wildman–Crippen MR) is 107 cm³/mol. The summed E-state index contributed by atoms with van der Waals surface area (Å²) in [5, 5.41) is 15.1. The fraction of sp³-hybridized carbons (Fsp3) is 0.0455. The predicted octanol–water partition coefficient (Wildman–Crippen LogP) is 2.89. The molecule has 1 N–H and O–H groups in total. The van der Waals surface area contributed by atoms with Crippen LogP contribution in [0.4, 0.5) is 5.69 Å². The molecule has 0 unspecified atom stereocenters. The van der Waals surface area contributed by atoms with Crippen molar-refractivity contribution in [3.8, 4) is 0 Å². The number of fused-ring (bicyclic) bond motifs is 1. The van der Waals surface area contributed by atoms with E-state index in [2.05, 4.69) is 32.2 Å². The number of hydrogen-bond acceptors (Lipinski definition) is 5. The first-order valence-corrected chi connectivity index (χ1v) is 8.80. The van der Waals surface area contributed by atoms with Gasteiger partial charge in [0.1, 0.15) is 0 Å². The maximum Gasteiger partial charge on any atom is 0.154 e. The van der Waals surface area contributed by atoms with Crippen LogP contribution in [0, 0.1) is 0 Å². The Labute approximate surface area is 161 Å². The lowest BCUT2D eigenvalue weighted by Crippen LogP contribution is -2.21. The number of hydrogen-bond donors (Lipinski definition) is 1. The first-order chi connectivity index (χ1) is 13.7. The van der Waals surface area contributed by atoms with Gasteiger partial charge in [0.15, 0.2) is 5.82 Å². The number of hydrazone groups is 1. The third kappa shape index (κ3) is 3.76. The van der Waals surface area contributed by atoms with Crippen molar-refractivity contribution in [3.05, 3.63) is 95.8 Å². The molecule has 0 aliphatic rings. The lowest BCUT2D eigenvalue weighted by molar-refractivity contribution is -0.255. The molecule has 0 saturated heterocycles. The number of carbonyl (C=O) groups is 1. The first-order valence-electron chi connectivity index (χ1n) is 8.80. The van der Waals surface area contributed by atoms with Crippen LogP contribution in [-0.2, 0) is 6.54 Å². The molecular weight excluding hydrogens is 352 g/mol. The summed E-state index contributed by atoms with van der Waals surface area (Å²) in [6.45, 7) is 0.684. The average Bonchev–Trinajstić information content (AvgIpc) is 3.07. The Morgan fingerprint density at radius 2 is 1.71 bits per heavy atom. The van der Waals surface area contributed by atoms with Gasteiger partial charge in [0.2, 0.25) is 0 Å². The molecule has 0 aliphatic carbocycles. The van der Waals surface area contributed by atoms with Gasteiger partial charge in [0.05, 0.1) is 28.9 Å². The summed E-state index contributed by atoms with van der Waals surface area (Å²) in [4.78, 5) is 15.5. The minimum Gasteiger partial charge on any atom is -0.545 e. The van der Waals surface area contributed by atoms with Crippen molar-refractivity contribution in [2.75, 3.05) is 5.43 Å². The zero-order valence-corrected chi connectivity index (χ0v) is 14.9. The third-order valence-electron chi connectivity index (χ3n) is 4.36. The summed E-state index contributed by atoms with van der Waals surface area (Å²) in [5.74, 6) is -0.478. The van der Waals surface area contributed by atoms with E-state index in [4.69, 9.17) is 0 Å². The topological polar surface area (TPSA) is 82.3 Å². The molecule has 138 valence electrons. The highest BCUT2D eigenvalue weighted by molar-refractivity contribution is 5.87. The summed E-state index contributed by atoms with van der Waals surface area (Å²) < 4.78 is 2.11. The number of benzene rings is 3. The molecule has 0 saturated carbocycles. The smallest absolute Gasteiger partial charge is 0.154 e. The number of aromatic carboxylic acids is 1. The van der Waals surface area contributed by atoms with Gasteiger partial charge < -0.3 is 14.5 Å². The molecular formula is C22H17N4O2-.